The summed E-state index contributed by atoms with van der Waals surface area (Å²) in [5.74, 6) is 0.861. The molecule has 0 amide bonds. The summed E-state index contributed by atoms with van der Waals surface area (Å²) in [4.78, 5) is 15.1. The second-order valence-electron chi connectivity index (χ2n) is 2.51. The summed E-state index contributed by atoms with van der Waals surface area (Å²) in [6.07, 6.45) is 3.45. The molecule has 0 unspecified atom stereocenters. The molecule has 1 aromatic heterocycles. The summed E-state index contributed by atoms with van der Waals surface area (Å²) >= 11 is 0. The van der Waals surface area contributed by atoms with Gasteiger partial charge >= 0.3 is 0 Å². The smallest absolute Gasteiger partial charge is 0.253 e. The molecule has 0 fully saturated rings. The van der Waals surface area contributed by atoms with Gasteiger partial charge in [-0.3, -0.25) is 9.36 Å². The second-order valence-corrected chi connectivity index (χ2v) is 2.51. The van der Waals surface area contributed by atoms with Crippen LogP contribution in [0.5, 0.6) is 0 Å². The van der Waals surface area contributed by atoms with Gasteiger partial charge in [-0.15, -0.1) is 0 Å². The molecule has 0 spiro atoms. The summed E-state index contributed by atoms with van der Waals surface area (Å²) in [6.45, 7) is 2.07. The molecule has 3 heteroatoms. The van der Waals surface area contributed by atoms with Crippen molar-refractivity contribution in [1.29, 1.82) is 0 Å². The molecule has 0 aliphatic heterocycles. The molecule has 0 radical (unpaired) electrons. The van der Waals surface area contributed by atoms with Crippen LogP contribution >= 0.6 is 0 Å². The average Bonchev–Trinajstić information content (AvgIpc) is 1.99. The Morgan fingerprint density at radius 2 is 2.36 bits per heavy atom. The quantitative estimate of drug-likeness (QED) is 0.626. The lowest BCUT2D eigenvalue weighted by atomic mass is 10.3. The molecule has 0 aromatic carbocycles. The van der Waals surface area contributed by atoms with Gasteiger partial charge in [-0.2, -0.15) is 0 Å². The third-order valence-corrected chi connectivity index (χ3v) is 1.63. The van der Waals surface area contributed by atoms with Gasteiger partial charge < -0.3 is 0 Å². The van der Waals surface area contributed by atoms with E-state index in [1.165, 1.54) is 6.07 Å². The zero-order chi connectivity index (χ0) is 8.27. The monoisotopic (exact) mass is 152 g/mol. The molecule has 0 atom stereocenters. The third-order valence-electron chi connectivity index (χ3n) is 1.63. The number of hydrogen-bond donors (Lipinski definition) is 0. The van der Waals surface area contributed by atoms with Crippen molar-refractivity contribution in [3.8, 4) is 0 Å². The number of rotatable bonds is 2. The molecule has 11 heavy (non-hydrogen) atoms. The number of nitrogens with zero attached hydrogens (tertiary/aromatic N) is 2. The first-order valence-corrected chi connectivity index (χ1v) is 3.76. The van der Waals surface area contributed by atoms with Gasteiger partial charge in [-0.1, -0.05) is 6.92 Å². The van der Waals surface area contributed by atoms with Crippen LogP contribution in [0.3, 0.4) is 0 Å². The van der Waals surface area contributed by atoms with Crippen molar-refractivity contribution in [2.75, 3.05) is 0 Å². The molecule has 0 aliphatic carbocycles. The number of hydrogen-bond acceptors (Lipinski definition) is 2. The maximum atomic E-state index is 11.0. The van der Waals surface area contributed by atoms with Crippen molar-refractivity contribution in [1.82, 2.24) is 9.55 Å². The SMILES string of the molecule is CCCc1nccc(=O)n1C. The molecule has 1 aromatic rings. The van der Waals surface area contributed by atoms with Crippen LogP contribution in [-0.4, -0.2) is 9.55 Å². The Labute approximate surface area is 65.7 Å². The van der Waals surface area contributed by atoms with Crippen LogP contribution in [0.2, 0.25) is 0 Å². The largest absolute Gasteiger partial charge is 0.300 e. The van der Waals surface area contributed by atoms with Crippen molar-refractivity contribution in [2.24, 2.45) is 7.05 Å². The Balaban J connectivity index is 3.06. The molecule has 0 saturated heterocycles. The lowest BCUT2D eigenvalue weighted by molar-refractivity contribution is 0.704. The van der Waals surface area contributed by atoms with Gasteiger partial charge in [0.25, 0.3) is 5.56 Å². The van der Waals surface area contributed by atoms with Crippen LogP contribution in [0.4, 0.5) is 0 Å². The van der Waals surface area contributed by atoms with Gasteiger partial charge in [0.05, 0.1) is 0 Å². The van der Waals surface area contributed by atoms with E-state index in [0.717, 1.165) is 18.7 Å². The first-order valence-electron chi connectivity index (χ1n) is 3.76. The topological polar surface area (TPSA) is 34.9 Å². The van der Waals surface area contributed by atoms with Crippen LogP contribution < -0.4 is 5.56 Å². The fraction of sp³-hybridized carbons (Fsp3) is 0.500. The van der Waals surface area contributed by atoms with Crippen molar-refractivity contribution in [3.05, 3.63) is 28.4 Å². The highest BCUT2D eigenvalue weighted by atomic mass is 16.1. The Bertz CT molecular complexity index is 290. The average molecular weight is 152 g/mol. The van der Waals surface area contributed by atoms with Crippen LogP contribution in [0, 0.1) is 0 Å². The molecule has 60 valence electrons. The van der Waals surface area contributed by atoms with Gasteiger partial charge in [0.15, 0.2) is 0 Å². The standard InChI is InChI=1S/C8H12N2O/c1-3-4-7-9-6-5-8(11)10(7)2/h5-6H,3-4H2,1-2H3. The van der Waals surface area contributed by atoms with Crippen molar-refractivity contribution in [2.45, 2.75) is 19.8 Å². The third kappa shape index (κ3) is 1.67. The van der Waals surface area contributed by atoms with Gasteiger partial charge in [-0.25, -0.2) is 4.98 Å². The Hall–Kier alpha value is -1.12. The fourth-order valence-electron chi connectivity index (χ4n) is 0.969. The minimum absolute atomic E-state index is 0.0171. The molecule has 0 aliphatic rings. The fourth-order valence-corrected chi connectivity index (χ4v) is 0.969. The van der Waals surface area contributed by atoms with Crippen molar-refractivity contribution >= 4 is 0 Å². The van der Waals surface area contributed by atoms with E-state index in [2.05, 4.69) is 11.9 Å². The molecule has 0 saturated carbocycles. The zero-order valence-corrected chi connectivity index (χ0v) is 6.87. The van der Waals surface area contributed by atoms with Crippen LogP contribution in [-0.2, 0) is 13.5 Å². The summed E-state index contributed by atoms with van der Waals surface area (Å²) in [5, 5.41) is 0. The van der Waals surface area contributed by atoms with E-state index in [1.807, 2.05) is 0 Å². The van der Waals surface area contributed by atoms with Gasteiger partial charge in [-0.05, 0) is 6.42 Å². The minimum atomic E-state index is 0.0171. The molecular weight excluding hydrogens is 140 g/mol. The van der Waals surface area contributed by atoms with Crippen molar-refractivity contribution < 1.29 is 0 Å². The number of aromatic nitrogens is 2. The van der Waals surface area contributed by atoms with Gasteiger partial charge in [0.1, 0.15) is 5.82 Å². The van der Waals surface area contributed by atoms with E-state index in [4.69, 9.17) is 0 Å². The normalized spacial score (nSPS) is 10.0. The van der Waals surface area contributed by atoms with E-state index >= 15 is 0 Å². The highest BCUT2D eigenvalue weighted by molar-refractivity contribution is 4.92. The first-order chi connectivity index (χ1) is 5.25. The first kappa shape index (κ1) is 7.98. The number of aryl methyl sites for hydroxylation is 1. The van der Waals surface area contributed by atoms with Crippen LogP contribution in [0.25, 0.3) is 0 Å². The molecule has 1 rings (SSSR count). The molecule has 3 nitrogen and oxygen atoms in total. The van der Waals surface area contributed by atoms with E-state index in [9.17, 15) is 4.79 Å². The molecule has 1 heterocycles. The summed E-state index contributed by atoms with van der Waals surface area (Å²) < 4.78 is 1.59. The maximum Gasteiger partial charge on any atom is 0.253 e. The zero-order valence-electron chi connectivity index (χ0n) is 6.87. The van der Waals surface area contributed by atoms with E-state index in [1.54, 1.807) is 17.8 Å². The highest BCUT2D eigenvalue weighted by Gasteiger charge is 1.97. The highest BCUT2D eigenvalue weighted by Crippen LogP contribution is 1.92. The Morgan fingerprint density at radius 3 is 3.00 bits per heavy atom. The van der Waals surface area contributed by atoms with Crippen LogP contribution in [0.1, 0.15) is 19.2 Å². The molecular formula is C8H12N2O. The van der Waals surface area contributed by atoms with Crippen LogP contribution in [0.15, 0.2) is 17.1 Å². The van der Waals surface area contributed by atoms with Gasteiger partial charge in [0, 0.05) is 25.7 Å². The lowest BCUT2D eigenvalue weighted by Gasteiger charge is -2.02. The Kier molecular flexibility index (Phi) is 2.41. The predicted molar refractivity (Wildman–Crippen MR) is 43.5 cm³/mol. The van der Waals surface area contributed by atoms with E-state index < -0.39 is 0 Å². The van der Waals surface area contributed by atoms with Gasteiger partial charge in [0.2, 0.25) is 0 Å². The maximum absolute atomic E-state index is 11.0. The lowest BCUT2D eigenvalue weighted by Crippen LogP contribution is -2.20. The van der Waals surface area contributed by atoms with E-state index in [0.29, 0.717) is 0 Å². The Morgan fingerprint density at radius 1 is 1.64 bits per heavy atom. The van der Waals surface area contributed by atoms with Crippen molar-refractivity contribution in [3.63, 3.8) is 0 Å². The van der Waals surface area contributed by atoms with E-state index in [-0.39, 0.29) is 5.56 Å². The molecule has 0 N–H and O–H groups in total. The summed E-state index contributed by atoms with van der Waals surface area (Å²) in [7, 11) is 1.75. The summed E-state index contributed by atoms with van der Waals surface area (Å²) in [6, 6.07) is 1.47. The second kappa shape index (κ2) is 3.32. The predicted octanol–water partition coefficient (Wildman–Crippen LogP) is 0.733. The summed E-state index contributed by atoms with van der Waals surface area (Å²) in [5.41, 5.74) is 0.0171. The molecule has 0 bridgehead atoms. The minimum Gasteiger partial charge on any atom is -0.300 e.